The van der Waals surface area contributed by atoms with Crippen molar-refractivity contribution in [1.29, 1.82) is 0 Å². The molecule has 1 unspecified atom stereocenters. The summed E-state index contributed by atoms with van der Waals surface area (Å²) in [7, 11) is -3.10. The Hall–Kier alpha value is -0.500. The zero-order chi connectivity index (χ0) is 18.5. The first-order valence-corrected chi connectivity index (χ1v) is 11.8. The Balaban J connectivity index is 2.45. The monoisotopic (exact) mass is 388 g/mol. The summed E-state index contributed by atoms with van der Waals surface area (Å²) in [6.45, 7) is 6.71. The minimum absolute atomic E-state index is 0.460. The lowest BCUT2D eigenvalue weighted by atomic mass is 10.1. The Labute approximate surface area is 159 Å². The molecule has 0 amide bonds. The molecule has 0 aliphatic heterocycles. The molecule has 1 atom stereocenters. The first-order valence-electron chi connectivity index (χ1n) is 9.70. The minimum atomic E-state index is -3.10. The van der Waals surface area contributed by atoms with E-state index in [9.17, 15) is 4.57 Å². The predicted molar refractivity (Wildman–Crippen MR) is 108 cm³/mol. The highest BCUT2D eigenvalue weighted by Gasteiger charge is 2.25. The number of hydrogen-bond acceptors (Lipinski definition) is 3. The van der Waals surface area contributed by atoms with Gasteiger partial charge in [-0.15, -0.1) is 0 Å². The van der Waals surface area contributed by atoms with Crippen LogP contribution < -0.4 is 4.52 Å². The van der Waals surface area contributed by atoms with Gasteiger partial charge in [0.25, 0.3) is 0 Å². The van der Waals surface area contributed by atoms with E-state index in [1.165, 1.54) is 32.1 Å². The summed E-state index contributed by atoms with van der Waals surface area (Å²) in [5, 5.41) is 0.680. The van der Waals surface area contributed by atoms with Crippen molar-refractivity contribution >= 4 is 19.2 Å². The summed E-state index contributed by atoms with van der Waals surface area (Å²) in [5.74, 6) is 0.570. The highest BCUT2D eigenvalue weighted by Crippen LogP contribution is 2.49. The lowest BCUT2D eigenvalue weighted by Gasteiger charge is -2.19. The Kier molecular flexibility index (Phi) is 11.5. The second-order valence-electron chi connectivity index (χ2n) is 6.64. The highest BCUT2D eigenvalue weighted by atomic mass is 35.5. The molecule has 0 saturated carbocycles. The molecule has 25 heavy (non-hydrogen) atoms. The molecule has 0 radical (unpaired) electrons. The molecule has 1 rings (SSSR count). The summed E-state index contributed by atoms with van der Waals surface area (Å²) in [5.41, 5.74) is 0.910. The summed E-state index contributed by atoms with van der Waals surface area (Å²) < 4.78 is 24.5. The molecule has 0 saturated heterocycles. The van der Waals surface area contributed by atoms with Crippen molar-refractivity contribution in [2.24, 2.45) is 0 Å². The van der Waals surface area contributed by atoms with Crippen LogP contribution in [-0.4, -0.2) is 12.8 Å². The van der Waals surface area contributed by atoms with Crippen molar-refractivity contribution in [3.8, 4) is 5.75 Å². The van der Waals surface area contributed by atoms with Gasteiger partial charge in [0.05, 0.1) is 12.8 Å². The standard InChI is InChI=1S/C20H34ClO3P/c1-4-6-8-9-10-11-12-15-23-25(22,16-7-5-2)24-19-13-14-20(21)18(3)17-19/h13-14,17H,4-12,15-16H2,1-3H3. The Bertz CT molecular complexity index is 534. The molecule has 0 bridgehead atoms. The quantitative estimate of drug-likeness (QED) is 0.241. The van der Waals surface area contributed by atoms with E-state index >= 15 is 0 Å². The van der Waals surface area contributed by atoms with Gasteiger partial charge in [0.1, 0.15) is 5.75 Å². The Morgan fingerprint density at radius 2 is 1.60 bits per heavy atom. The normalized spacial score (nSPS) is 13.6. The van der Waals surface area contributed by atoms with Crippen LogP contribution in [0.15, 0.2) is 18.2 Å². The average Bonchev–Trinajstić information content (AvgIpc) is 2.59. The molecule has 0 N–H and O–H groups in total. The molecule has 144 valence electrons. The number of hydrogen-bond donors (Lipinski definition) is 0. The molecule has 3 nitrogen and oxygen atoms in total. The minimum Gasteiger partial charge on any atom is -0.424 e. The van der Waals surface area contributed by atoms with Crippen LogP contribution in [0.1, 0.15) is 77.2 Å². The van der Waals surface area contributed by atoms with Crippen LogP contribution in [0.4, 0.5) is 0 Å². The number of rotatable bonds is 14. The Morgan fingerprint density at radius 1 is 0.960 bits per heavy atom. The van der Waals surface area contributed by atoms with Gasteiger partial charge in [-0.3, -0.25) is 4.52 Å². The maximum absolute atomic E-state index is 13.0. The summed E-state index contributed by atoms with van der Waals surface area (Å²) in [4.78, 5) is 0. The predicted octanol–water partition coefficient (Wildman–Crippen LogP) is 7.79. The maximum atomic E-state index is 13.0. The summed E-state index contributed by atoms with van der Waals surface area (Å²) >= 11 is 6.04. The number of benzene rings is 1. The van der Waals surface area contributed by atoms with E-state index in [0.717, 1.165) is 31.2 Å². The molecular weight excluding hydrogens is 355 g/mol. The van der Waals surface area contributed by atoms with Gasteiger partial charge in [0.15, 0.2) is 0 Å². The van der Waals surface area contributed by atoms with E-state index in [2.05, 4.69) is 13.8 Å². The lowest BCUT2D eigenvalue weighted by Crippen LogP contribution is -2.04. The smallest absolute Gasteiger partial charge is 0.379 e. The van der Waals surface area contributed by atoms with Crippen molar-refractivity contribution in [3.63, 3.8) is 0 Å². The molecule has 0 spiro atoms. The van der Waals surface area contributed by atoms with Gasteiger partial charge in [0, 0.05) is 5.02 Å². The SMILES string of the molecule is CCCCCCCCCOP(=O)(CCCC)Oc1ccc(Cl)c(C)c1. The van der Waals surface area contributed by atoms with Crippen molar-refractivity contribution in [2.45, 2.75) is 78.6 Å². The lowest BCUT2D eigenvalue weighted by molar-refractivity contribution is 0.257. The third kappa shape index (κ3) is 9.68. The van der Waals surface area contributed by atoms with Crippen LogP contribution in [0.3, 0.4) is 0 Å². The summed E-state index contributed by atoms with van der Waals surface area (Å²) in [6, 6.07) is 5.34. The molecule has 0 fully saturated rings. The molecular formula is C20H34ClO3P. The molecule has 0 heterocycles. The molecule has 1 aromatic carbocycles. The van der Waals surface area contributed by atoms with E-state index in [-0.39, 0.29) is 0 Å². The van der Waals surface area contributed by atoms with Crippen molar-refractivity contribution in [1.82, 2.24) is 0 Å². The topological polar surface area (TPSA) is 35.5 Å². The van der Waals surface area contributed by atoms with Crippen molar-refractivity contribution in [3.05, 3.63) is 28.8 Å². The van der Waals surface area contributed by atoms with E-state index in [1.54, 1.807) is 12.1 Å². The van der Waals surface area contributed by atoms with Gasteiger partial charge in [-0.2, -0.15) is 0 Å². The molecule has 0 aromatic heterocycles. The van der Waals surface area contributed by atoms with Crippen LogP contribution in [0.25, 0.3) is 0 Å². The van der Waals surface area contributed by atoms with Crippen LogP contribution in [0.2, 0.25) is 5.02 Å². The number of halogens is 1. The highest BCUT2D eigenvalue weighted by molar-refractivity contribution is 7.54. The van der Waals surface area contributed by atoms with Gasteiger partial charge in [-0.25, -0.2) is 4.57 Å². The molecule has 0 aliphatic carbocycles. The fourth-order valence-electron chi connectivity index (χ4n) is 2.59. The Morgan fingerprint density at radius 3 is 2.24 bits per heavy atom. The van der Waals surface area contributed by atoms with Crippen LogP contribution in [0.5, 0.6) is 5.75 Å². The zero-order valence-corrected chi connectivity index (χ0v) is 17.7. The largest absolute Gasteiger partial charge is 0.424 e. The van der Waals surface area contributed by atoms with Crippen molar-refractivity contribution in [2.75, 3.05) is 12.8 Å². The van der Waals surface area contributed by atoms with Crippen LogP contribution in [0, 0.1) is 6.92 Å². The number of aryl methyl sites for hydroxylation is 1. The van der Waals surface area contributed by atoms with Gasteiger partial charge in [0.2, 0.25) is 0 Å². The van der Waals surface area contributed by atoms with E-state index in [0.29, 0.717) is 23.5 Å². The van der Waals surface area contributed by atoms with Gasteiger partial charge < -0.3 is 4.52 Å². The zero-order valence-electron chi connectivity index (χ0n) is 16.1. The van der Waals surface area contributed by atoms with E-state index in [4.69, 9.17) is 20.6 Å². The van der Waals surface area contributed by atoms with Crippen LogP contribution >= 0.6 is 19.2 Å². The fourth-order valence-corrected chi connectivity index (χ4v) is 4.52. The molecule has 5 heteroatoms. The van der Waals surface area contributed by atoms with E-state index < -0.39 is 7.60 Å². The van der Waals surface area contributed by atoms with E-state index in [1.807, 2.05) is 13.0 Å². The van der Waals surface area contributed by atoms with Gasteiger partial charge >= 0.3 is 7.60 Å². The first-order chi connectivity index (χ1) is 12.0. The van der Waals surface area contributed by atoms with Gasteiger partial charge in [-0.05, 0) is 43.5 Å². The second kappa shape index (κ2) is 12.8. The number of unbranched alkanes of at least 4 members (excludes halogenated alkanes) is 7. The fraction of sp³-hybridized carbons (Fsp3) is 0.700. The second-order valence-corrected chi connectivity index (χ2v) is 9.16. The van der Waals surface area contributed by atoms with Crippen LogP contribution in [-0.2, 0) is 9.09 Å². The summed E-state index contributed by atoms with van der Waals surface area (Å²) in [6.07, 6.45) is 10.7. The molecule has 0 aliphatic rings. The third-order valence-electron chi connectivity index (χ3n) is 4.20. The van der Waals surface area contributed by atoms with Gasteiger partial charge in [-0.1, -0.05) is 70.4 Å². The average molecular weight is 389 g/mol. The maximum Gasteiger partial charge on any atom is 0.379 e. The van der Waals surface area contributed by atoms with Crippen molar-refractivity contribution < 1.29 is 13.6 Å². The third-order valence-corrected chi connectivity index (χ3v) is 6.55. The first kappa shape index (κ1) is 22.5. The molecule has 1 aromatic rings.